The smallest absolute Gasteiger partial charge is 0.335 e. The van der Waals surface area contributed by atoms with Gasteiger partial charge < -0.3 is 10.0 Å². The van der Waals surface area contributed by atoms with Crippen LogP contribution in [0.3, 0.4) is 0 Å². The Morgan fingerprint density at radius 3 is 2.50 bits per heavy atom. The lowest BCUT2D eigenvalue weighted by Crippen LogP contribution is -2.47. The van der Waals surface area contributed by atoms with Crippen LogP contribution in [0, 0.1) is 0 Å². The number of hydrazine groups is 1. The molecular formula is C7H15N3O2. The van der Waals surface area contributed by atoms with Crippen molar-refractivity contribution in [3.8, 4) is 0 Å². The first-order valence-corrected chi connectivity index (χ1v) is 4.00. The molecule has 0 spiro atoms. The Hall–Kier alpha value is -0.810. The number of rotatable bonds is 2. The van der Waals surface area contributed by atoms with Crippen LogP contribution in [0.5, 0.6) is 0 Å². The molecule has 1 fully saturated rings. The fourth-order valence-corrected chi connectivity index (χ4v) is 1.04. The Morgan fingerprint density at radius 2 is 2.17 bits per heavy atom. The predicted octanol–water partition coefficient (Wildman–Crippen LogP) is -0.415. The number of carbonyl (C=O) groups is 1. The third-order valence-electron chi connectivity index (χ3n) is 2.12. The molecule has 0 aromatic carbocycles. The van der Waals surface area contributed by atoms with Crippen LogP contribution in [0.4, 0.5) is 4.79 Å². The van der Waals surface area contributed by atoms with Gasteiger partial charge >= 0.3 is 6.03 Å². The first-order chi connectivity index (χ1) is 5.54. The molecule has 1 heterocycles. The van der Waals surface area contributed by atoms with E-state index in [1.807, 2.05) is 0 Å². The fraction of sp³-hybridized carbons (Fsp3) is 0.857. The Labute approximate surface area is 71.9 Å². The molecule has 1 aliphatic heterocycles. The standard InChI is InChI=1S/C7H15N3O2/c1-5(6(2)11)10-7(12)9(3)4-8-10/h5-6,8,11H,4H2,1-3H3/t5-,6+/m0/s1. The highest BCUT2D eigenvalue weighted by molar-refractivity contribution is 5.75. The number of urea groups is 1. The quantitative estimate of drug-likeness (QED) is 0.596. The van der Waals surface area contributed by atoms with Crippen molar-refractivity contribution >= 4 is 6.03 Å². The van der Waals surface area contributed by atoms with E-state index in [1.165, 1.54) is 5.01 Å². The highest BCUT2D eigenvalue weighted by Crippen LogP contribution is 2.08. The van der Waals surface area contributed by atoms with E-state index in [1.54, 1.807) is 25.8 Å². The second kappa shape index (κ2) is 3.28. The molecular weight excluding hydrogens is 158 g/mol. The van der Waals surface area contributed by atoms with Crippen molar-refractivity contribution in [2.45, 2.75) is 26.0 Å². The first kappa shape index (κ1) is 9.28. The molecule has 0 aliphatic carbocycles. The van der Waals surface area contributed by atoms with Gasteiger partial charge in [0.1, 0.15) is 0 Å². The van der Waals surface area contributed by atoms with Gasteiger partial charge in [0.05, 0.1) is 18.8 Å². The van der Waals surface area contributed by atoms with Crippen LogP contribution in [0.1, 0.15) is 13.8 Å². The number of nitrogens with one attached hydrogen (secondary N) is 1. The molecule has 12 heavy (non-hydrogen) atoms. The molecule has 5 nitrogen and oxygen atoms in total. The van der Waals surface area contributed by atoms with E-state index in [-0.39, 0.29) is 12.1 Å². The van der Waals surface area contributed by atoms with Gasteiger partial charge in [-0.1, -0.05) is 0 Å². The molecule has 1 aliphatic rings. The minimum absolute atomic E-state index is 0.0941. The second-order valence-electron chi connectivity index (χ2n) is 3.15. The summed E-state index contributed by atoms with van der Waals surface area (Å²) in [7, 11) is 1.71. The van der Waals surface area contributed by atoms with Crippen molar-refractivity contribution in [1.29, 1.82) is 0 Å². The number of hydrogen-bond acceptors (Lipinski definition) is 3. The molecule has 1 saturated heterocycles. The van der Waals surface area contributed by atoms with E-state index >= 15 is 0 Å². The number of aliphatic hydroxyl groups excluding tert-OH is 1. The average Bonchev–Trinajstić information content (AvgIpc) is 2.32. The summed E-state index contributed by atoms with van der Waals surface area (Å²) in [5.41, 5.74) is 2.89. The van der Waals surface area contributed by atoms with Gasteiger partial charge in [-0.15, -0.1) is 0 Å². The molecule has 0 saturated carbocycles. The molecule has 0 radical (unpaired) electrons. The molecule has 2 atom stereocenters. The van der Waals surface area contributed by atoms with E-state index < -0.39 is 6.10 Å². The second-order valence-corrected chi connectivity index (χ2v) is 3.15. The Balaban J connectivity index is 2.59. The number of amides is 2. The number of aliphatic hydroxyl groups is 1. The van der Waals surface area contributed by atoms with Crippen molar-refractivity contribution < 1.29 is 9.90 Å². The van der Waals surface area contributed by atoms with Crippen LogP contribution in [0.15, 0.2) is 0 Å². The van der Waals surface area contributed by atoms with E-state index in [0.717, 1.165) is 0 Å². The third kappa shape index (κ3) is 1.51. The zero-order valence-corrected chi connectivity index (χ0v) is 7.61. The maximum absolute atomic E-state index is 11.3. The molecule has 1 rings (SSSR count). The number of carbonyl (C=O) groups excluding carboxylic acids is 1. The lowest BCUT2D eigenvalue weighted by Gasteiger charge is -2.25. The van der Waals surface area contributed by atoms with Gasteiger partial charge in [0.2, 0.25) is 0 Å². The highest BCUT2D eigenvalue weighted by atomic mass is 16.3. The zero-order valence-electron chi connectivity index (χ0n) is 7.61. The number of hydrogen-bond donors (Lipinski definition) is 2. The van der Waals surface area contributed by atoms with Gasteiger partial charge in [0.25, 0.3) is 0 Å². The lowest BCUT2D eigenvalue weighted by atomic mass is 10.2. The van der Waals surface area contributed by atoms with E-state index in [9.17, 15) is 9.90 Å². The molecule has 2 amide bonds. The third-order valence-corrected chi connectivity index (χ3v) is 2.12. The van der Waals surface area contributed by atoms with E-state index in [4.69, 9.17) is 0 Å². The predicted molar refractivity (Wildman–Crippen MR) is 44.1 cm³/mol. The van der Waals surface area contributed by atoms with Crippen LogP contribution >= 0.6 is 0 Å². The van der Waals surface area contributed by atoms with Crippen molar-refractivity contribution in [2.75, 3.05) is 13.7 Å². The average molecular weight is 173 g/mol. The van der Waals surface area contributed by atoms with Gasteiger partial charge in [-0.3, -0.25) is 5.01 Å². The summed E-state index contributed by atoms with van der Waals surface area (Å²) in [5.74, 6) is 0. The normalized spacial score (nSPS) is 23.2. The maximum atomic E-state index is 11.3. The van der Waals surface area contributed by atoms with Gasteiger partial charge in [-0.05, 0) is 13.8 Å². The van der Waals surface area contributed by atoms with Crippen molar-refractivity contribution in [1.82, 2.24) is 15.3 Å². The van der Waals surface area contributed by atoms with Crippen molar-refractivity contribution in [3.63, 3.8) is 0 Å². The Bertz CT molecular complexity index is 183. The molecule has 0 bridgehead atoms. The fourth-order valence-electron chi connectivity index (χ4n) is 1.04. The lowest BCUT2D eigenvalue weighted by molar-refractivity contribution is 0.0756. The van der Waals surface area contributed by atoms with E-state index in [2.05, 4.69) is 5.43 Å². The van der Waals surface area contributed by atoms with Crippen LogP contribution in [-0.4, -0.2) is 46.9 Å². The van der Waals surface area contributed by atoms with Crippen LogP contribution in [0.2, 0.25) is 0 Å². The largest absolute Gasteiger partial charge is 0.391 e. The topological polar surface area (TPSA) is 55.8 Å². The SMILES string of the molecule is C[C@@H](O)[C@H](C)N1NCN(C)C1=O. The van der Waals surface area contributed by atoms with Gasteiger partial charge in [-0.2, -0.15) is 0 Å². The molecule has 0 aromatic rings. The summed E-state index contributed by atoms with van der Waals surface area (Å²) in [6.45, 7) is 3.97. The molecule has 0 unspecified atom stereocenters. The molecule has 0 aromatic heterocycles. The Morgan fingerprint density at radius 1 is 1.58 bits per heavy atom. The summed E-state index contributed by atoms with van der Waals surface area (Å²) in [5, 5.41) is 10.7. The van der Waals surface area contributed by atoms with Crippen molar-refractivity contribution in [3.05, 3.63) is 0 Å². The Kier molecular flexibility index (Phi) is 2.54. The summed E-state index contributed by atoms with van der Waals surface area (Å²) in [6, 6.07) is -0.286. The number of nitrogens with zero attached hydrogens (tertiary/aromatic N) is 2. The summed E-state index contributed by atoms with van der Waals surface area (Å²) in [4.78, 5) is 12.9. The first-order valence-electron chi connectivity index (χ1n) is 4.00. The van der Waals surface area contributed by atoms with Crippen molar-refractivity contribution in [2.24, 2.45) is 0 Å². The summed E-state index contributed by atoms with van der Waals surface area (Å²) in [6.07, 6.45) is -0.520. The summed E-state index contributed by atoms with van der Waals surface area (Å²) >= 11 is 0. The highest BCUT2D eigenvalue weighted by Gasteiger charge is 2.30. The molecule has 2 N–H and O–H groups in total. The summed E-state index contributed by atoms with van der Waals surface area (Å²) < 4.78 is 0. The molecule has 70 valence electrons. The van der Waals surface area contributed by atoms with Gasteiger partial charge in [0.15, 0.2) is 0 Å². The zero-order chi connectivity index (χ0) is 9.30. The van der Waals surface area contributed by atoms with Gasteiger partial charge in [-0.25, -0.2) is 10.2 Å². The van der Waals surface area contributed by atoms with Crippen LogP contribution in [-0.2, 0) is 0 Å². The minimum atomic E-state index is -0.520. The van der Waals surface area contributed by atoms with Gasteiger partial charge in [0, 0.05) is 7.05 Å². The van der Waals surface area contributed by atoms with Crippen LogP contribution < -0.4 is 5.43 Å². The minimum Gasteiger partial charge on any atom is -0.391 e. The maximum Gasteiger partial charge on any atom is 0.335 e. The van der Waals surface area contributed by atoms with E-state index in [0.29, 0.717) is 6.67 Å². The monoisotopic (exact) mass is 173 g/mol. The van der Waals surface area contributed by atoms with Crippen LogP contribution in [0.25, 0.3) is 0 Å². The molecule has 5 heteroatoms.